The van der Waals surface area contributed by atoms with Gasteiger partial charge in [-0.3, -0.25) is 9.89 Å². The number of aromatic nitrogens is 2. The second-order valence-electron chi connectivity index (χ2n) is 6.10. The van der Waals surface area contributed by atoms with Gasteiger partial charge in [0.15, 0.2) is 0 Å². The number of ether oxygens (including phenoxy) is 1. The van der Waals surface area contributed by atoms with Gasteiger partial charge in [-0.1, -0.05) is 24.3 Å². The van der Waals surface area contributed by atoms with Crippen LogP contribution in [0.1, 0.15) is 28.4 Å². The Balaban J connectivity index is 1.55. The molecule has 3 aromatic rings. The molecule has 0 atom stereocenters. The maximum Gasteiger partial charge on any atom is 0.254 e. The van der Waals surface area contributed by atoms with E-state index in [9.17, 15) is 4.79 Å². The summed E-state index contributed by atoms with van der Waals surface area (Å²) in [4.78, 5) is 14.7. The molecule has 0 unspecified atom stereocenters. The minimum atomic E-state index is 0.0714. The van der Waals surface area contributed by atoms with Gasteiger partial charge < -0.3 is 9.64 Å². The van der Waals surface area contributed by atoms with Crippen molar-refractivity contribution in [3.63, 3.8) is 0 Å². The van der Waals surface area contributed by atoms with Crippen LogP contribution in [-0.4, -0.2) is 27.6 Å². The molecule has 4 rings (SSSR count). The van der Waals surface area contributed by atoms with E-state index in [2.05, 4.69) is 10.2 Å². The zero-order valence-electron chi connectivity index (χ0n) is 14.0. The van der Waals surface area contributed by atoms with Crippen molar-refractivity contribution in [1.29, 1.82) is 0 Å². The molecule has 1 aliphatic rings. The lowest BCUT2D eigenvalue weighted by atomic mass is 10.0. The monoisotopic (exact) mass is 333 g/mol. The van der Waals surface area contributed by atoms with Crippen LogP contribution in [0.5, 0.6) is 5.75 Å². The van der Waals surface area contributed by atoms with E-state index in [1.54, 1.807) is 6.20 Å². The molecule has 25 heavy (non-hydrogen) atoms. The summed E-state index contributed by atoms with van der Waals surface area (Å²) in [5, 5.41) is 6.78. The number of carbonyl (C=O) groups is 1. The molecule has 0 bridgehead atoms. The Morgan fingerprint density at radius 2 is 2.12 bits per heavy atom. The molecule has 1 aliphatic heterocycles. The summed E-state index contributed by atoms with van der Waals surface area (Å²) >= 11 is 0. The first-order valence-electron chi connectivity index (χ1n) is 8.37. The van der Waals surface area contributed by atoms with Crippen molar-refractivity contribution in [3.8, 4) is 16.9 Å². The Kier molecular flexibility index (Phi) is 3.98. The quantitative estimate of drug-likeness (QED) is 0.775. The molecule has 2 aromatic carbocycles. The number of amides is 1. The molecule has 0 radical (unpaired) electrons. The topological polar surface area (TPSA) is 58.2 Å². The summed E-state index contributed by atoms with van der Waals surface area (Å²) < 4.78 is 5.54. The third-order valence-electron chi connectivity index (χ3n) is 4.40. The van der Waals surface area contributed by atoms with Gasteiger partial charge in [-0.25, -0.2) is 0 Å². The highest BCUT2D eigenvalue weighted by Gasteiger charge is 2.27. The Bertz CT molecular complexity index is 903. The van der Waals surface area contributed by atoms with E-state index in [-0.39, 0.29) is 5.91 Å². The fourth-order valence-electron chi connectivity index (χ4n) is 3.20. The maximum atomic E-state index is 12.8. The summed E-state index contributed by atoms with van der Waals surface area (Å²) in [6, 6.07) is 13.9. The number of nitrogens with zero attached hydrogens (tertiary/aromatic N) is 2. The molecule has 0 saturated heterocycles. The lowest BCUT2D eigenvalue weighted by Gasteiger charge is -2.16. The summed E-state index contributed by atoms with van der Waals surface area (Å²) in [5.41, 5.74) is 4.90. The lowest BCUT2D eigenvalue weighted by Crippen LogP contribution is -2.23. The normalized spacial score (nSPS) is 13.2. The lowest BCUT2D eigenvalue weighted by molar-refractivity contribution is 0.0766. The average molecular weight is 333 g/mol. The van der Waals surface area contributed by atoms with Crippen molar-refractivity contribution >= 4 is 5.91 Å². The van der Waals surface area contributed by atoms with Crippen molar-refractivity contribution in [1.82, 2.24) is 15.1 Å². The van der Waals surface area contributed by atoms with Gasteiger partial charge in [0.05, 0.1) is 12.8 Å². The van der Waals surface area contributed by atoms with E-state index in [1.807, 2.05) is 60.5 Å². The summed E-state index contributed by atoms with van der Waals surface area (Å²) in [7, 11) is 0. The molecule has 0 fully saturated rings. The van der Waals surface area contributed by atoms with Gasteiger partial charge >= 0.3 is 0 Å². The Morgan fingerprint density at radius 1 is 1.20 bits per heavy atom. The second-order valence-corrected chi connectivity index (χ2v) is 6.10. The van der Waals surface area contributed by atoms with Crippen molar-refractivity contribution < 1.29 is 9.53 Å². The number of benzene rings is 2. The van der Waals surface area contributed by atoms with Crippen LogP contribution in [0.25, 0.3) is 11.1 Å². The third kappa shape index (κ3) is 3.01. The molecular weight excluding hydrogens is 314 g/mol. The minimum absolute atomic E-state index is 0.0714. The molecule has 0 spiro atoms. The predicted molar refractivity (Wildman–Crippen MR) is 95.2 cm³/mol. The molecule has 5 nitrogen and oxygen atoms in total. The van der Waals surface area contributed by atoms with E-state index in [1.165, 1.54) is 0 Å². The molecule has 1 amide bonds. The Labute approximate surface area is 146 Å². The van der Waals surface area contributed by atoms with Gasteiger partial charge in [0.25, 0.3) is 5.91 Å². The number of aromatic amines is 1. The van der Waals surface area contributed by atoms with Gasteiger partial charge in [0.2, 0.25) is 0 Å². The van der Waals surface area contributed by atoms with E-state index >= 15 is 0 Å². The number of nitrogens with one attached hydrogen (secondary N) is 1. The summed E-state index contributed by atoms with van der Waals surface area (Å²) in [5.74, 6) is 0.911. The molecular formula is C20H19N3O2. The number of rotatable bonds is 5. The maximum absolute atomic E-state index is 12.8. The largest absolute Gasteiger partial charge is 0.494 e. The fourth-order valence-corrected chi connectivity index (χ4v) is 3.20. The summed E-state index contributed by atoms with van der Waals surface area (Å²) in [6.07, 6.45) is 3.59. The summed E-state index contributed by atoms with van der Waals surface area (Å²) in [6.45, 7) is 3.81. The van der Waals surface area contributed by atoms with Crippen LogP contribution < -0.4 is 4.74 Å². The number of carbonyl (C=O) groups excluding carboxylic acids is 1. The van der Waals surface area contributed by atoms with Crippen molar-refractivity contribution in [2.24, 2.45) is 0 Å². The third-order valence-corrected chi connectivity index (χ3v) is 4.40. The SMILES string of the molecule is CCOc1cccc(CN2Cc3ccc(-c4cn[nH]c4)cc3C2=O)c1. The first-order chi connectivity index (χ1) is 12.2. The number of hydrogen-bond acceptors (Lipinski definition) is 3. The van der Waals surface area contributed by atoms with Crippen LogP contribution in [-0.2, 0) is 13.1 Å². The standard InChI is InChI=1S/C20H19N3O2/c1-2-25-18-5-3-4-14(8-18)12-23-13-16-7-6-15(9-19(16)20(23)24)17-10-21-22-11-17/h3-11H,2,12-13H2,1H3,(H,21,22). The molecule has 1 aromatic heterocycles. The van der Waals surface area contributed by atoms with Crippen LogP contribution in [0.2, 0.25) is 0 Å². The minimum Gasteiger partial charge on any atom is -0.494 e. The first kappa shape index (κ1) is 15.4. The highest BCUT2D eigenvalue weighted by molar-refractivity contribution is 5.99. The van der Waals surface area contributed by atoms with Gasteiger partial charge in [-0.15, -0.1) is 0 Å². The van der Waals surface area contributed by atoms with E-state index in [0.29, 0.717) is 19.7 Å². The van der Waals surface area contributed by atoms with Crippen LogP contribution in [0.4, 0.5) is 0 Å². The van der Waals surface area contributed by atoms with Crippen LogP contribution >= 0.6 is 0 Å². The van der Waals surface area contributed by atoms with Gasteiger partial charge in [-0.05, 0) is 41.8 Å². The highest BCUT2D eigenvalue weighted by atomic mass is 16.5. The number of H-pyrrole nitrogens is 1. The Hall–Kier alpha value is -3.08. The molecule has 1 N–H and O–H groups in total. The van der Waals surface area contributed by atoms with Gasteiger partial charge in [-0.2, -0.15) is 5.10 Å². The van der Waals surface area contributed by atoms with Gasteiger partial charge in [0.1, 0.15) is 5.75 Å². The zero-order valence-corrected chi connectivity index (χ0v) is 14.0. The predicted octanol–water partition coefficient (Wildman–Crippen LogP) is 3.63. The highest BCUT2D eigenvalue weighted by Crippen LogP contribution is 2.29. The molecule has 0 saturated carbocycles. The van der Waals surface area contributed by atoms with Crippen LogP contribution in [0.15, 0.2) is 54.9 Å². The van der Waals surface area contributed by atoms with Crippen molar-refractivity contribution in [2.75, 3.05) is 6.61 Å². The fraction of sp³-hybridized carbons (Fsp3) is 0.200. The van der Waals surface area contributed by atoms with Crippen molar-refractivity contribution in [3.05, 3.63) is 71.5 Å². The number of hydrogen-bond donors (Lipinski definition) is 1. The van der Waals surface area contributed by atoms with Crippen LogP contribution in [0, 0.1) is 0 Å². The van der Waals surface area contributed by atoms with E-state index < -0.39 is 0 Å². The van der Waals surface area contributed by atoms with E-state index in [0.717, 1.165) is 33.6 Å². The number of fused-ring (bicyclic) bond motifs is 1. The molecule has 2 heterocycles. The van der Waals surface area contributed by atoms with Crippen molar-refractivity contribution in [2.45, 2.75) is 20.0 Å². The zero-order chi connectivity index (χ0) is 17.2. The first-order valence-corrected chi connectivity index (χ1v) is 8.37. The van der Waals surface area contributed by atoms with Crippen LogP contribution in [0.3, 0.4) is 0 Å². The smallest absolute Gasteiger partial charge is 0.254 e. The molecule has 0 aliphatic carbocycles. The molecule has 5 heteroatoms. The molecule has 126 valence electrons. The Morgan fingerprint density at radius 3 is 2.92 bits per heavy atom. The second kappa shape index (κ2) is 6.43. The van der Waals surface area contributed by atoms with Gasteiger partial charge in [0, 0.05) is 30.4 Å². The van der Waals surface area contributed by atoms with E-state index in [4.69, 9.17) is 4.74 Å². The average Bonchev–Trinajstić information content (AvgIpc) is 3.25.